The summed E-state index contributed by atoms with van der Waals surface area (Å²) in [7, 11) is -3.70. The Bertz CT molecular complexity index is 871. The molecular weight excluding hydrogens is 364 g/mol. The van der Waals surface area contributed by atoms with E-state index in [1.807, 2.05) is 0 Å². The first-order chi connectivity index (χ1) is 12.3. The third-order valence-corrected chi connectivity index (χ3v) is 4.51. The minimum atomic E-state index is -3.70. The van der Waals surface area contributed by atoms with Gasteiger partial charge in [-0.25, -0.2) is 22.3 Å². The Morgan fingerprint density at radius 3 is 2.35 bits per heavy atom. The number of anilines is 1. The minimum absolute atomic E-state index is 0.0545. The predicted molar refractivity (Wildman–Crippen MR) is 94.0 cm³/mol. The van der Waals surface area contributed by atoms with E-state index in [1.165, 1.54) is 18.2 Å². The lowest BCUT2D eigenvalue weighted by atomic mass is 10.1. The maximum atomic E-state index is 13.4. The number of nitrogens with one attached hydrogen (secondary N) is 2. The number of carbonyl (C=O) groups excluding carboxylic acids is 1. The van der Waals surface area contributed by atoms with Crippen molar-refractivity contribution >= 4 is 21.6 Å². The first-order valence-electron chi connectivity index (χ1n) is 7.83. The van der Waals surface area contributed by atoms with Crippen LogP contribution >= 0.6 is 0 Å². The van der Waals surface area contributed by atoms with Gasteiger partial charge in [0, 0.05) is 19.0 Å². The molecule has 2 rings (SSSR count). The molecule has 26 heavy (non-hydrogen) atoms. The second-order valence-electron chi connectivity index (χ2n) is 5.61. The van der Waals surface area contributed by atoms with Gasteiger partial charge in [-0.3, -0.25) is 4.79 Å². The lowest BCUT2D eigenvalue weighted by Gasteiger charge is -2.08. The lowest BCUT2D eigenvalue weighted by molar-refractivity contribution is -0.116. The molecule has 0 unspecified atom stereocenters. The smallest absolute Gasteiger partial charge is 0.238 e. The molecule has 0 aliphatic rings. The number of primary sulfonamides is 1. The van der Waals surface area contributed by atoms with Crippen LogP contribution in [0.25, 0.3) is 0 Å². The first-order valence-corrected chi connectivity index (χ1v) is 9.38. The highest BCUT2D eigenvalue weighted by molar-refractivity contribution is 7.89. The number of rotatable bonds is 8. The van der Waals surface area contributed by atoms with Crippen molar-refractivity contribution in [3.63, 3.8) is 0 Å². The Hall–Kier alpha value is -2.36. The maximum absolute atomic E-state index is 13.4. The number of carbonyl (C=O) groups is 1. The summed E-state index contributed by atoms with van der Waals surface area (Å²) in [5.74, 6) is -1.92. The monoisotopic (exact) mass is 383 g/mol. The zero-order chi connectivity index (χ0) is 19.2. The molecule has 0 fully saturated rings. The summed E-state index contributed by atoms with van der Waals surface area (Å²) in [4.78, 5) is 11.8. The molecule has 6 nitrogen and oxygen atoms in total. The fraction of sp³-hybridized carbons (Fsp3) is 0.235. The van der Waals surface area contributed by atoms with Crippen LogP contribution in [0.15, 0.2) is 47.4 Å². The molecule has 1 amide bonds. The Labute approximate surface area is 150 Å². The zero-order valence-corrected chi connectivity index (χ0v) is 14.7. The fourth-order valence-electron chi connectivity index (χ4n) is 2.21. The molecule has 0 saturated heterocycles. The van der Waals surface area contributed by atoms with Crippen molar-refractivity contribution in [2.45, 2.75) is 17.7 Å². The molecule has 0 atom stereocenters. The van der Waals surface area contributed by atoms with E-state index >= 15 is 0 Å². The minimum Gasteiger partial charge on any atom is -0.324 e. The summed E-state index contributed by atoms with van der Waals surface area (Å²) in [6.45, 7) is 0.955. The van der Waals surface area contributed by atoms with Crippen molar-refractivity contribution in [2.24, 2.45) is 5.14 Å². The van der Waals surface area contributed by atoms with Gasteiger partial charge in [0.25, 0.3) is 0 Å². The number of hydrogen-bond donors (Lipinski definition) is 3. The van der Waals surface area contributed by atoms with Gasteiger partial charge >= 0.3 is 0 Å². The van der Waals surface area contributed by atoms with Gasteiger partial charge in [-0.15, -0.1) is 0 Å². The van der Waals surface area contributed by atoms with Gasteiger partial charge in [0.05, 0.1) is 10.6 Å². The van der Waals surface area contributed by atoms with E-state index in [2.05, 4.69) is 10.6 Å². The van der Waals surface area contributed by atoms with Crippen molar-refractivity contribution in [1.82, 2.24) is 5.32 Å². The van der Waals surface area contributed by atoms with Gasteiger partial charge in [0.15, 0.2) is 0 Å². The predicted octanol–water partition coefficient (Wildman–Crippen LogP) is 1.77. The molecule has 0 heterocycles. The second kappa shape index (κ2) is 8.84. The molecule has 0 spiro atoms. The summed E-state index contributed by atoms with van der Waals surface area (Å²) < 4.78 is 48.5. The van der Waals surface area contributed by atoms with Crippen LogP contribution in [0.4, 0.5) is 14.5 Å². The standard InChI is InChI=1S/C17H19F2N3O3S/c18-13-3-6-16(15(19)11-13)22-17(23)8-10-21-9-7-12-1-4-14(5-2-12)26(20,24)25/h1-6,11,21H,7-10H2,(H,22,23)(H2,20,24,25). The molecule has 140 valence electrons. The molecular formula is C17H19F2N3O3S. The molecule has 0 aliphatic carbocycles. The summed E-state index contributed by atoms with van der Waals surface area (Å²) in [5.41, 5.74) is 0.856. The molecule has 0 saturated carbocycles. The molecule has 2 aromatic carbocycles. The Balaban J connectivity index is 1.69. The molecule has 0 bridgehead atoms. The summed E-state index contributed by atoms with van der Waals surface area (Å²) in [5, 5.41) is 10.5. The van der Waals surface area contributed by atoms with Gasteiger partial charge in [-0.05, 0) is 42.8 Å². The van der Waals surface area contributed by atoms with Crippen molar-refractivity contribution in [1.29, 1.82) is 0 Å². The van der Waals surface area contributed by atoms with Crippen molar-refractivity contribution in [3.05, 3.63) is 59.7 Å². The average molecular weight is 383 g/mol. The maximum Gasteiger partial charge on any atom is 0.238 e. The van der Waals surface area contributed by atoms with Crippen LogP contribution in [0.2, 0.25) is 0 Å². The molecule has 9 heteroatoms. The van der Waals surface area contributed by atoms with Crippen LogP contribution in [0, 0.1) is 11.6 Å². The highest BCUT2D eigenvalue weighted by Crippen LogP contribution is 2.15. The zero-order valence-electron chi connectivity index (χ0n) is 13.8. The first kappa shape index (κ1) is 20.0. The van der Waals surface area contributed by atoms with Gasteiger partial charge in [0.2, 0.25) is 15.9 Å². The van der Waals surface area contributed by atoms with Crippen molar-refractivity contribution in [2.75, 3.05) is 18.4 Å². The Kier molecular flexibility index (Phi) is 6.78. The summed E-state index contributed by atoms with van der Waals surface area (Å²) in [6.07, 6.45) is 0.764. The normalized spacial score (nSPS) is 11.3. The van der Waals surface area contributed by atoms with E-state index < -0.39 is 21.7 Å². The largest absolute Gasteiger partial charge is 0.324 e. The van der Waals surface area contributed by atoms with Crippen LogP contribution in [-0.2, 0) is 21.2 Å². The Morgan fingerprint density at radius 1 is 1.04 bits per heavy atom. The van der Waals surface area contributed by atoms with E-state index in [0.29, 0.717) is 25.6 Å². The van der Waals surface area contributed by atoms with E-state index in [-0.39, 0.29) is 22.9 Å². The number of hydrogen-bond acceptors (Lipinski definition) is 4. The van der Waals surface area contributed by atoms with Crippen LogP contribution in [0.5, 0.6) is 0 Å². The second-order valence-corrected chi connectivity index (χ2v) is 7.17. The molecule has 4 N–H and O–H groups in total. The van der Waals surface area contributed by atoms with Crippen LogP contribution < -0.4 is 15.8 Å². The topological polar surface area (TPSA) is 101 Å². The van der Waals surface area contributed by atoms with Gasteiger partial charge in [-0.2, -0.15) is 0 Å². The average Bonchev–Trinajstić information content (AvgIpc) is 2.57. The molecule has 0 aliphatic heterocycles. The summed E-state index contributed by atoms with van der Waals surface area (Å²) in [6, 6.07) is 9.16. The highest BCUT2D eigenvalue weighted by Gasteiger charge is 2.08. The van der Waals surface area contributed by atoms with Gasteiger partial charge in [-0.1, -0.05) is 12.1 Å². The lowest BCUT2D eigenvalue weighted by Crippen LogP contribution is -2.24. The van der Waals surface area contributed by atoms with Crippen molar-refractivity contribution in [3.8, 4) is 0 Å². The van der Waals surface area contributed by atoms with E-state index in [9.17, 15) is 22.0 Å². The van der Waals surface area contributed by atoms with Gasteiger partial charge in [0.1, 0.15) is 11.6 Å². The molecule has 0 aromatic heterocycles. The number of sulfonamides is 1. The van der Waals surface area contributed by atoms with E-state index in [0.717, 1.165) is 11.6 Å². The van der Waals surface area contributed by atoms with Gasteiger partial charge < -0.3 is 10.6 Å². The third-order valence-electron chi connectivity index (χ3n) is 3.58. The molecule has 0 radical (unpaired) electrons. The third kappa shape index (κ3) is 6.17. The number of halogens is 2. The van der Waals surface area contributed by atoms with E-state index in [4.69, 9.17) is 5.14 Å². The van der Waals surface area contributed by atoms with Crippen LogP contribution in [0.3, 0.4) is 0 Å². The number of nitrogens with two attached hydrogens (primary N) is 1. The van der Waals surface area contributed by atoms with Crippen molar-refractivity contribution < 1.29 is 22.0 Å². The fourth-order valence-corrected chi connectivity index (χ4v) is 2.72. The number of amides is 1. The quantitative estimate of drug-likeness (QED) is 0.605. The highest BCUT2D eigenvalue weighted by atomic mass is 32.2. The van der Waals surface area contributed by atoms with Crippen LogP contribution in [-0.4, -0.2) is 27.4 Å². The Morgan fingerprint density at radius 2 is 1.73 bits per heavy atom. The summed E-state index contributed by atoms with van der Waals surface area (Å²) >= 11 is 0. The molecule has 2 aromatic rings. The SMILES string of the molecule is NS(=O)(=O)c1ccc(CCNCCC(=O)Nc2ccc(F)cc2F)cc1. The van der Waals surface area contributed by atoms with E-state index in [1.54, 1.807) is 12.1 Å². The van der Waals surface area contributed by atoms with Crippen LogP contribution in [0.1, 0.15) is 12.0 Å². The number of benzene rings is 2.